The van der Waals surface area contributed by atoms with Crippen molar-refractivity contribution < 1.29 is 14.3 Å². The lowest BCUT2D eigenvalue weighted by Crippen LogP contribution is -2.36. The van der Waals surface area contributed by atoms with Crippen LogP contribution in [0.5, 0.6) is 5.75 Å². The number of carbonyl (C=O) groups is 1. The van der Waals surface area contributed by atoms with Gasteiger partial charge in [0, 0.05) is 0 Å². The molecule has 0 bridgehead atoms. The Morgan fingerprint density at radius 1 is 1.29 bits per heavy atom. The van der Waals surface area contributed by atoms with Crippen LogP contribution in [-0.4, -0.2) is 25.2 Å². The summed E-state index contributed by atoms with van der Waals surface area (Å²) in [5.41, 5.74) is 0.699. The molecule has 3 atom stereocenters. The molecule has 1 aliphatic rings. The number of para-hydroxylation sites is 2. The molecule has 0 radical (unpaired) electrons. The van der Waals surface area contributed by atoms with Crippen LogP contribution in [0.15, 0.2) is 24.3 Å². The molecule has 1 N–H and O–H groups in total. The Bertz CT molecular complexity index is 529. The van der Waals surface area contributed by atoms with E-state index in [9.17, 15) is 4.79 Å². The summed E-state index contributed by atoms with van der Waals surface area (Å²) in [7, 11) is 0. The Morgan fingerprint density at radius 2 is 2.04 bits per heavy atom. The van der Waals surface area contributed by atoms with Crippen LogP contribution >= 0.6 is 0 Å². The van der Waals surface area contributed by atoms with Crippen molar-refractivity contribution in [2.45, 2.75) is 53.1 Å². The van der Waals surface area contributed by atoms with E-state index in [0.717, 1.165) is 6.42 Å². The topological polar surface area (TPSA) is 47.6 Å². The number of benzene rings is 1. The lowest BCUT2D eigenvalue weighted by Gasteiger charge is -2.37. The summed E-state index contributed by atoms with van der Waals surface area (Å²) in [6.45, 7) is 9.36. The van der Waals surface area contributed by atoms with Gasteiger partial charge in [-0.1, -0.05) is 39.3 Å². The normalized spacial score (nSPS) is 24.0. The molecule has 1 aromatic carbocycles. The van der Waals surface area contributed by atoms with E-state index in [-0.39, 0.29) is 18.6 Å². The minimum absolute atomic E-state index is 0.0983. The maximum Gasteiger partial charge on any atom is 0.250 e. The molecule has 4 heteroatoms. The van der Waals surface area contributed by atoms with Crippen molar-refractivity contribution in [3.05, 3.63) is 24.3 Å². The number of ether oxygens (including phenoxy) is 2. The van der Waals surface area contributed by atoms with Crippen LogP contribution in [0.1, 0.15) is 47.0 Å². The van der Waals surface area contributed by atoms with Crippen molar-refractivity contribution in [1.29, 1.82) is 0 Å². The van der Waals surface area contributed by atoms with E-state index < -0.39 is 0 Å². The first-order valence-electron chi connectivity index (χ1n) is 9.14. The van der Waals surface area contributed by atoms with Gasteiger partial charge in [0.05, 0.1) is 18.4 Å². The molecule has 1 saturated carbocycles. The van der Waals surface area contributed by atoms with Crippen molar-refractivity contribution in [2.24, 2.45) is 17.8 Å². The van der Waals surface area contributed by atoms with Crippen molar-refractivity contribution in [2.75, 3.05) is 18.5 Å². The number of anilines is 1. The lowest BCUT2D eigenvalue weighted by molar-refractivity contribution is -0.126. The molecular weight excluding hydrogens is 302 g/mol. The highest BCUT2D eigenvalue weighted by molar-refractivity contribution is 5.93. The lowest BCUT2D eigenvalue weighted by atomic mass is 9.75. The molecular formula is C20H31NO3. The molecule has 0 unspecified atom stereocenters. The Labute approximate surface area is 145 Å². The average molecular weight is 333 g/mol. The minimum atomic E-state index is -0.122. The maximum absolute atomic E-state index is 12.3. The Morgan fingerprint density at radius 3 is 2.75 bits per heavy atom. The molecule has 4 nitrogen and oxygen atoms in total. The number of carbonyl (C=O) groups excluding carboxylic acids is 1. The molecule has 2 rings (SSSR count). The molecule has 24 heavy (non-hydrogen) atoms. The van der Waals surface area contributed by atoms with Crippen LogP contribution in [0.2, 0.25) is 0 Å². The van der Waals surface area contributed by atoms with Gasteiger partial charge in [-0.15, -0.1) is 0 Å². The van der Waals surface area contributed by atoms with Crippen molar-refractivity contribution >= 4 is 11.6 Å². The van der Waals surface area contributed by atoms with Crippen LogP contribution in [0, 0.1) is 17.8 Å². The van der Waals surface area contributed by atoms with Gasteiger partial charge in [0.15, 0.2) is 0 Å². The predicted octanol–water partition coefficient (Wildman–Crippen LogP) is 4.50. The fourth-order valence-corrected chi connectivity index (χ4v) is 3.53. The summed E-state index contributed by atoms with van der Waals surface area (Å²) in [6, 6.07) is 7.49. The van der Waals surface area contributed by atoms with Gasteiger partial charge in [0.1, 0.15) is 12.4 Å². The van der Waals surface area contributed by atoms with Crippen LogP contribution in [0.25, 0.3) is 0 Å². The highest BCUT2D eigenvalue weighted by Crippen LogP contribution is 2.35. The van der Waals surface area contributed by atoms with E-state index in [1.165, 1.54) is 12.8 Å². The second kappa shape index (κ2) is 9.07. The van der Waals surface area contributed by atoms with Crippen LogP contribution in [0.3, 0.4) is 0 Å². The Kier molecular flexibility index (Phi) is 7.10. The smallest absolute Gasteiger partial charge is 0.250 e. The highest BCUT2D eigenvalue weighted by Gasteiger charge is 2.31. The SMILES string of the molecule is CCOc1ccccc1NC(=O)CO[C@@H]1C[C@@H](C)CC[C@@H]1C(C)C. The van der Waals surface area contributed by atoms with Gasteiger partial charge in [-0.05, 0) is 49.7 Å². The molecule has 1 aromatic rings. The van der Waals surface area contributed by atoms with E-state index in [1.54, 1.807) is 0 Å². The molecule has 0 aromatic heterocycles. The van der Waals surface area contributed by atoms with E-state index in [2.05, 4.69) is 26.1 Å². The molecule has 1 fully saturated rings. The zero-order valence-corrected chi connectivity index (χ0v) is 15.4. The Balaban J connectivity index is 1.90. The number of hydrogen-bond donors (Lipinski definition) is 1. The first-order chi connectivity index (χ1) is 11.5. The van der Waals surface area contributed by atoms with E-state index in [4.69, 9.17) is 9.47 Å². The van der Waals surface area contributed by atoms with Gasteiger partial charge < -0.3 is 14.8 Å². The summed E-state index contributed by atoms with van der Waals surface area (Å²) < 4.78 is 11.5. The summed E-state index contributed by atoms with van der Waals surface area (Å²) in [4.78, 5) is 12.3. The third-order valence-electron chi connectivity index (χ3n) is 4.85. The number of amides is 1. The third kappa shape index (κ3) is 5.23. The van der Waals surface area contributed by atoms with E-state index in [1.807, 2.05) is 31.2 Å². The molecule has 0 spiro atoms. The van der Waals surface area contributed by atoms with Crippen LogP contribution in [-0.2, 0) is 9.53 Å². The van der Waals surface area contributed by atoms with Crippen LogP contribution in [0.4, 0.5) is 5.69 Å². The zero-order valence-electron chi connectivity index (χ0n) is 15.4. The molecule has 0 aliphatic heterocycles. The number of nitrogens with one attached hydrogen (secondary N) is 1. The van der Waals surface area contributed by atoms with Gasteiger partial charge in [0.2, 0.25) is 5.91 Å². The van der Waals surface area contributed by atoms with Crippen molar-refractivity contribution in [1.82, 2.24) is 0 Å². The standard InChI is InChI=1S/C20H31NO3/c1-5-23-18-9-7-6-8-17(18)21-20(22)13-24-19-12-15(4)10-11-16(19)14(2)3/h6-9,14-16,19H,5,10-13H2,1-4H3,(H,21,22)/t15-,16+,19+/m0/s1. The van der Waals surface area contributed by atoms with Gasteiger partial charge >= 0.3 is 0 Å². The average Bonchev–Trinajstić information content (AvgIpc) is 2.55. The summed E-state index contributed by atoms with van der Waals surface area (Å²) in [5.74, 6) is 2.38. The van der Waals surface area contributed by atoms with Gasteiger partial charge in [-0.25, -0.2) is 0 Å². The Hall–Kier alpha value is -1.55. The fraction of sp³-hybridized carbons (Fsp3) is 0.650. The quantitative estimate of drug-likeness (QED) is 0.799. The van der Waals surface area contributed by atoms with Crippen LogP contribution < -0.4 is 10.1 Å². The van der Waals surface area contributed by atoms with Gasteiger partial charge in [-0.3, -0.25) is 4.79 Å². The first-order valence-corrected chi connectivity index (χ1v) is 9.14. The second-order valence-electron chi connectivity index (χ2n) is 7.15. The van der Waals surface area contributed by atoms with E-state index >= 15 is 0 Å². The monoisotopic (exact) mass is 333 g/mol. The maximum atomic E-state index is 12.3. The van der Waals surface area contributed by atoms with E-state index in [0.29, 0.717) is 35.8 Å². The fourth-order valence-electron chi connectivity index (χ4n) is 3.53. The number of rotatable bonds is 7. The summed E-state index contributed by atoms with van der Waals surface area (Å²) >= 11 is 0. The second-order valence-corrected chi connectivity index (χ2v) is 7.15. The van der Waals surface area contributed by atoms with Crippen molar-refractivity contribution in [3.63, 3.8) is 0 Å². The van der Waals surface area contributed by atoms with Gasteiger partial charge in [-0.2, -0.15) is 0 Å². The zero-order chi connectivity index (χ0) is 17.5. The largest absolute Gasteiger partial charge is 0.492 e. The number of hydrogen-bond acceptors (Lipinski definition) is 3. The van der Waals surface area contributed by atoms with Crippen molar-refractivity contribution in [3.8, 4) is 5.75 Å². The summed E-state index contributed by atoms with van der Waals surface area (Å²) in [6.07, 6.45) is 3.68. The predicted molar refractivity (Wildman–Crippen MR) is 97.3 cm³/mol. The third-order valence-corrected chi connectivity index (χ3v) is 4.85. The molecule has 1 amide bonds. The minimum Gasteiger partial charge on any atom is -0.492 e. The van der Waals surface area contributed by atoms with Gasteiger partial charge in [0.25, 0.3) is 0 Å². The molecule has 134 valence electrons. The molecule has 0 saturated heterocycles. The molecule has 0 heterocycles. The highest BCUT2D eigenvalue weighted by atomic mass is 16.5. The summed E-state index contributed by atoms with van der Waals surface area (Å²) in [5, 5.41) is 2.90. The first kappa shape index (κ1) is 18.8. The molecule has 1 aliphatic carbocycles.